The number of carbonyl (C=O) groups is 3. The van der Waals surface area contributed by atoms with Crippen molar-refractivity contribution in [2.24, 2.45) is 0 Å². The van der Waals surface area contributed by atoms with Gasteiger partial charge in [-0.2, -0.15) is 0 Å². The van der Waals surface area contributed by atoms with Crippen LogP contribution in [0.1, 0.15) is 36.0 Å². The summed E-state index contributed by atoms with van der Waals surface area (Å²) in [5.41, 5.74) is 5.51. The lowest BCUT2D eigenvalue weighted by molar-refractivity contribution is 0.0449. The molecular weight excluding hydrogens is 366 g/mol. The Morgan fingerprint density at radius 2 is 1.73 bits per heavy atom. The Hall–Kier alpha value is -3.27. The van der Waals surface area contributed by atoms with Gasteiger partial charge in [0.15, 0.2) is 0 Å². The number of carbonyl (C=O) groups excluding carboxylic acids is 3. The molecule has 0 aliphatic rings. The molecule has 10 heteroatoms. The number of benzene rings is 1. The lowest BCUT2D eigenvalue weighted by Crippen LogP contribution is -2.12. The highest BCUT2D eigenvalue weighted by atomic mass is 32.1. The molecule has 0 saturated heterocycles. The van der Waals surface area contributed by atoms with E-state index in [0.717, 1.165) is 37.7 Å². The maximum Gasteiger partial charge on any atom is 0.348 e. The molecule has 0 aliphatic heterocycles. The number of phenols is 2. The lowest BCUT2D eigenvalue weighted by Gasteiger charge is -2.09. The first-order valence-corrected chi connectivity index (χ1v) is 7.88. The minimum absolute atomic E-state index is 0.00636. The fraction of sp³-hybridized carbons (Fsp3) is 0.188. The smallest absolute Gasteiger partial charge is 0.348 e. The molecular formula is C16H15NO8S. The van der Waals surface area contributed by atoms with Crippen LogP contribution in [0.2, 0.25) is 0 Å². The highest BCUT2D eigenvalue weighted by Gasteiger charge is 2.28. The van der Waals surface area contributed by atoms with Crippen molar-refractivity contribution in [2.75, 3.05) is 20.0 Å². The molecule has 0 atom stereocenters. The molecule has 0 saturated carbocycles. The summed E-state index contributed by atoms with van der Waals surface area (Å²) in [4.78, 5) is 35.9. The van der Waals surface area contributed by atoms with Gasteiger partial charge in [-0.25, -0.2) is 14.4 Å². The molecule has 138 valence electrons. The molecule has 26 heavy (non-hydrogen) atoms. The Morgan fingerprint density at radius 3 is 2.31 bits per heavy atom. The van der Waals surface area contributed by atoms with Crippen LogP contribution in [0, 0.1) is 0 Å². The molecule has 0 amide bonds. The monoisotopic (exact) mass is 381 g/mol. The summed E-state index contributed by atoms with van der Waals surface area (Å²) in [6, 6.07) is 3.33. The first-order valence-electron chi connectivity index (χ1n) is 7.07. The predicted octanol–water partition coefficient (Wildman–Crippen LogP) is 1.67. The van der Waals surface area contributed by atoms with Gasteiger partial charge in [0.2, 0.25) is 0 Å². The van der Waals surface area contributed by atoms with E-state index in [1.807, 2.05) is 0 Å². The Balaban J connectivity index is 2.34. The third-order valence-corrected chi connectivity index (χ3v) is 4.38. The number of rotatable bonds is 5. The van der Waals surface area contributed by atoms with E-state index in [0.29, 0.717) is 0 Å². The van der Waals surface area contributed by atoms with Crippen molar-refractivity contribution in [3.8, 4) is 11.5 Å². The molecule has 4 N–H and O–H groups in total. The van der Waals surface area contributed by atoms with Gasteiger partial charge in [0.05, 0.1) is 14.2 Å². The van der Waals surface area contributed by atoms with Crippen molar-refractivity contribution in [3.63, 3.8) is 0 Å². The van der Waals surface area contributed by atoms with E-state index in [2.05, 4.69) is 9.47 Å². The van der Waals surface area contributed by atoms with E-state index < -0.39 is 30.3 Å². The lowest BCUT2D eigenvalue weighted by atomic mass is 10.1. The number of thiophene rings is 1. The van der Waals surface area contributed by atoms with E-state index in [1.165, 1.54) is 6.07 Å². The van der Waals surface area contributed by atoms with Crippen LogP contribution in [0.15, 0.2) is 18.2 Å². The topological polar surface area (TPSA) is 145 Å². The van der Waals surface area contributed by atoms with Gasteiger partial charge >= 0.3 is 17.9 Å². The van der Waals surface area contributed by atoms with Crippen LogP contribution in [0.4, 0.5) is 5.00 Å². The molecule has 0 radical (unpaired) electrons. The van der Waals surface area contributed by atoms with E-state index >= 15 is 0 Å². The fourth-order valence-corrected chi connectivity index (χ4v) is 3.09. The summed E-state index contributed by atoms with van der Waals surface area (Å²) in [7, 11) is 2.29. The van der Waals surface area contributed by atoms with Gasteiger partial charge in [-0.1, -0.05) is 0 Å². The van der Waals surface area contributed by atoms with Crippen LogP contribution >= 0.6 is 11.3 Å². The summed E-state index contributed by atoms with van der Waals surface area (Å²) in [6.07, 6.45) is 0. The SMILES string of the molecule is COC(=O)c1sc(N)c(C(=O)OC)c1COC(=O)c1ccc(O)cc1O. The van der Waals surface area contributed by atoms with Crippen LogP contribution in [-0.4, -0.2) is 42.3 Å². The maximum absolute atomic E-state index is 12.1. The van der Waals surface area contributed by atoms with Gasteiger partial charge in [0.25, 0.3) is 0 Å². The molecule has 1 aromatic carbocycles. The molecule has 0 fully saturated rings. The van der Waals surface area contributed by atoms with E-state index in [1.54, 1.807) is 0 Å². The van der Waals surface area contributed by atoms with Crippen LogP contribution in [0.25, 0.3) is 0 Å². The van der Waals surface area contributed by atoms with Crippen LogP contribution in [0.5, 0.6) is 11.5 Å². The zero-order chi connectivity index (χ0) is 19.4. The minimum atomic E-state index is -0.932. The molecule has 0 spiro atoms. The van der Waals surface area contributed by atoms with Gasteiger partial charge in [-0.3, -0.25) is 0 Å². The Morgan fingerprint density at radius 1 is 1.08 bits per heavy atom. The second-order valence-electron chi connectivity index (χ2n) is 4.91. The Labute approximate surface area is 151 Å². The molecule has 2 aromatic rings. The quantitative estimate of drug-likeness (QED) is 0.520. The van der Waals surface area contributed by atoms with Gasteiger partial charge in [0.1, 0.15) is 39.1 Å². The number of anilines is 1. The second-order valence-corrected chi connectivity index (χ2v) is 5.96. The van der Waals surface area contributed by atoms with Crippen molar-refractivity contribution in [3.05, 3.63) is 39.8 Å². The number of hydrogen-bond acceptors (Lipinski definition) is 10. The fourth-order valence-electron chi connectivity index (χ4n) is 2.11. The molecule has 2 rings (SSSR count). The first-order chi connectivity index (χ1) is 12.3. The van der Waals surface area contributed by atoms with E-state index in [9.17, 15) is 24.6 Å². The molecule has 1 heterocycles. The van der Waals surface area contributed by atoms with Crippen molar-refractivity contribution >= 4 is 34.2 Å². The van der Waals surface area contributed by atoms with Gasteiger partial charge in [-0.15, -0.1) is 11.3 Å². The number of methoxy groups -OCH3 is 2. The predicted molar refractivity (Wildman–Crippen MR) is 90.3 cm³/mol. The molecule has 1 aromatic heterocycles. The van der Waals surface area contributed by atoms with E-state index in [-0.39, 0.29) is 32.3 Å². The van der Waals surface area contributed by atoms with Crippen LogP contribution in [0.3, 0.4) is 0 Å². The normalized spacial score (nSPS) is 10.2. The summed E-state index contributed by atoms with van der Waals surface area (Å²) in [5, 5.41) is 19.0. The number of aromatic hydroxyl groups is 2. The van der Waals surface area contributed by atoms with Gasteiger partial charge in [-0.05, 0) is 12.1 Å². The molecule has 0 aliphatic carbocycles. The number of nitrogen functional groups attached to an aromatic ring is 1. The number of phenolic OH excluding ortho intramolecular Hbond substituents is 2. The minimum Gasteiger partial charge on any atom is -0.508 e. The number of esters is 3. The third-order valence-electron chi connectivity index (χ3n) is 3.34. The number of nitrogens with two attached hydrogens (primary N) is 1. The number of ether oxygens (including phenoxy) is 3. The van der Waals surface area contributed by atoms with Crippen LogP contribution in [-0.2, 0) is 20.8 Å². The standard InChI is InChI=1S/C16H15NO8S/c1-23-15(21)11-9(12(16(22)24-2)26-13(11)17)6-25-14(20)8-4-3-7(18)5-10(8)19/h3-5,18-19H,6,17H2,1-2H3. The van der Waals surface area contributed by atoms with Crippen molar-refractivity contribution in [2.45, 2.75) is 6.61 Å². The van der Waals surface area contributed by atoms with Crippen molar-refractivity contribution < 1.29 is 38.8 Å². The summed E-state index contributed by atoms with van der Waals surface area (Å²) in [6.45, 7) is -0.484. The maximum atomic E-state index is 12.1. The van der Waals surface area contributed by atoms with E-state index in [4.69, 9.17) is 10.5 Å². The highest BCUT2D eigenvalue weighted by Crippen LogP contribution is 2.33. The third kappa shape index (κ3) is 3.70. The van der Waals surface area contributed by atoms with Crippen molar-refractivity contribution in [1.82, 2.24) is 0 Å². The molecule has 9 nitrogen and oxygen atoms in total. The zero-order valence-corrected chi connectivity index (χ0v) is 14.6. The average Bonchev–Trinajstić information content (AvgIpc) is 2.94. The Bertz CT molecular complexity index is 873. The zero-order valence-electron chi connectivity index (χ0n) is 13.8. The van der Waals surface area contributed by atoms with Gasteiger partial charge in [0, 0.05) is 11.6 Å². The summed E-state index contributed by atoms with van der Waals surface area (Å²) in [5.74, 6) is -3.20. The highest BCUT2D eigenvalue weighted by molar-refractivity contribution is 7.18. The van der Waals surface area contributed by atoms with Crippen LogP contribution < -0.4 is 5.73 Å². The largest absolute Gasteiger partial charge is 0.508 e. The second kappa shape index (κ2) is 7.74. The molecule has 0 bridgehead atoms. The summed E-state index contributed by atoms with van der Waals surface area (Å²) < 4.78 is 14.3. The first kappa shape index (κ1) is 19.1. The average molecular weight is 381 g/mol. The Kier molecular flexibility index (Phi) is 5.68. The van der Waals surface area contributed by atoms with Crippen molar-refractivity contribution in [1.29, 1.82) is 0 Å². The molecule has 0 unspecified atom stereocenters. The van der Waals surface area contributed by atoms with Gasteiger partial charge < -0.3 is 30.2 Å². The summed E-state index contributed by atoms with van der Waals surface area (Å²) >= 11 is 0.799. The number of hydrogen-bond donors (Lipinski definition) is 3.